The summed E-state index contributed by atoms with van der Waals surface area (Å²) < 4.78 is 7.26. The maximum atomic E-state index is 10.8. The van der Waals surface area contributed by atoms with Crippen LogP contribution in [0.5, 0.6) is 0 Å². The summed E-state index contributed by atoms with van der Waals surface area (Å²) in [6, 6.07) is 19.5. The molecule has 0 fully saturated rings. The fourth-order valence-electron chi connectivity index (χ4n) is 4.28. The van der Waals surface area contributed by atoms with Crippen LogP contribution in [0.1, 0.15) is 13.8 Å². The second-order valence-electron chi connectivity index (χ2n) is 9.13. The number of aromatic nitrogens is 5. The van der Waals surface area contributed by atoms with E-state index in [4.69, 9.17) is 0 Å². The molecule has 0 aliphatic heterocycles. The van der Waals surface area contributed by atoms with Crippen molar-refractivity contribution < 1.29 is 23.9 Å². The summed E-state index contributed by atoms with van der Waals surface area (Å²) in [7, 11) is 0. The lowest BCUT2D eigenvalue weighted by atomic mass is 10.2. The second-order valence-corrected chi connectivity index (χ2v) is 9.13. The minimum atomic E-state index is -0.669. The van der Waals surface area contributed by atoms with Gasteiger partial charge >= 0.3 is 5.95 Å². The minimum Gasteiger partial charge on any atom is -0.384 e. The summed E-state index contributed by atoms with van der Waals surface area (Å²) in [5, 5.41) is 34.8. The molecule has 0 bridgehead atoms. The molecule has 4 rings (SSSR count). The summed E-state index contributed by atoms with van der Waals surface area (Å²) in [4.78, 5) is 2.27. The van der Waals surface area contributed by atoms with Gasteiger partial charge in [0.25, 0.3) is 0 Å². The number of rotatable bonds is 13. The van der Waals surface area contributed by atoms with E-state index < -0.39 is 12.2 Å². The van der Waals surface area contributed by atoms with Gasteiger partial charge in [-0.15, -0.1) is 4.68 Å². The van der Waals surface area contributed by atoms with Crippen LogP contribution in [0.4, 0.5) is 17.3 Å². The minimum absolute atomic E-state index is 0.277. The Morgan fingerprint density at radius 1 is 0.789 bits per heavy atom. The summed E-state index contributed by atoms with van der Waals surface area (Å²) in [5.41, 5.74) is 1.85. The summed E-state index contributed by atoms with van der Waals surface area (Å²) in [6.07, 6.45) is 8.09. The van der Waals surface area contributed by atoms with E-state index in [1.54, 1.807) is 15.6 Å². The third-order valence-corrected chi connectivity index (χ3v) is 6.18. The topological polar surface area (TPSA) is 97.9 Å². The van der Waals surface area contributed by atoms with Gasteiger partial charge in [0.2, 0.25) is 0 Å². The van der Waals surface area contributed by atoms with Gasteiger partial charge in [-0.2, -0.15) is 0 Å². The van der Waals surface area contributed by atoms with Gasteiger partial charge < -0.3 is 15.1 Å². The van der Waals surface area contributed by atoms with Crippen LogP contribution in [-0.2, 0) is 26.2 Å². The number of aliphatic hydroxyl groups excluding tert-OH is 2. The van der Waals surface area contributed by atoms with E-state index in [0.29, 0.717) is 24.7 Å². The number of nitrogens with zero attached hydrogens (tertiary/aromatic N) is 8. The first kappa shape index (κ1) is 27.0. The molecule has 0 aliphatic carbocycles. The lowest BCUT2D eigenvalue weighted by Gasteiger charge is -2.20. The Balaban J connectivity index is 1.50. The molecule has 0 amide bonds. The first-order chi connectivity index (χ1) is 18.5. The number of pyridine rings is 2. The van der Waals surface area contributed by atoms with E-state index in [1.165, 1.54) is 0 Å². The lowest BCUT2D eigenvalue weighted by molar-refractivity contribution is -0.732. The highest BCUT2D eigenvalue weighted by atomic mass is 16.3. The third-order valence-electron chi connectivity index (χ3n) is 6.18. The molecule has 2 N–H and O–H groups in total. The Morgan fingerprint density at radius 2 is 1.37 bits per heavy atom. The van der Waals surface area contributed by atoms with Crippen LogP contribution < -0.4 is 18.6 Å². The number of hydrogen-bond acceptors (Lipinski definition) is 6. The first-order valence-electron chi connectivity index (χ1n) is 13.0. The fourth-order valence-corrected chi connectivity index (χ4v) is 4.28. The highest BCUT2D eigenvalue weighted by molar-refractivity contribution is 5.52. The van der Waals surface area contributed by atoms with E-state index in [0.717, 1.165) is 18.8 Å². The zero-order chi connectivity index (χ0) is 26.7. The Bertz CT molecular complexity index is 1280. The van der Waals surface area contributed by atoms with Crippen LogP contribution in [0, 0.1) is 0 Å². The molecule has 10 nitrogen and oxygen atoms in total. The summed E-state index contributed by atoms with van der Waals surface area (Å²) in [6.45, 7) is 7.55. The number of benzene rings is 1. The SMILES string of the molecule is CCN(CC)c1ccc(N=Nc2nn(CC(O)C[n+]3ccccc3)c[n+]2CC(O)C[n+]2ccccc2)cc1. The zero-order valence-electron chi connectivity index (χ0n) is 22.0. The Hall–Kier alpha value is -4.02. The first-order valence-corrected chi connectivity index (χ1v) is 13.0. The lowest BCUT2D eigenvalue weighted by Crippen LogP contribution is -2.46. The van der Waals surface area contributed by atoms with Gasteiger partial charge in [-0.3, -0.25) is 0 Å². The monoisotopic (exact) mass is 517 g/mol. The average Bonchev–Trinajstić information content (AvgIpc) is 3.30. The maximum Gasteiger partial charge on any atom is 0.435 e. The molecular formula is C28H37N8O2+3. The number of azo groups is 1. The van der Waals surface area contributed by atoms with E-state index >= 15 is 0 Å². The molecular weight excluding hydrogens is 480 g/mol. The van der Waals surface area contributed by atoms with Crippen molar-refractivity contribution in [2.24, 2.45) is 10.2 Å². The third kappa shape index (κ3) is 7.74. The molecule has 2 atom stereocenters. The average molecular weight is 518 g/mol. The van der Waals surface area contributed by atoms with Crippen molar-refractivity contribution in [2.45, 2.75) is 52.2 Å². The number of hydrogen-bond donors (Lipinski definition) is 2. The van der Waals surface area contributed by atoms with Gasteiger partial charge in [-0.05, 0) is 38.1 Å². The van der Waals surface area contributed by atoms with Crippen molar-refractivity contribution in [3.05, 3.63) is 91.8 Å². The van der Waals surface area contributed by atoms with Gasteiger partial charge in [0, 0.05) is 53.3 Å². The van der Waals surface area contributed by atoms with E-state index in [1.807, 2.05) is 94.6 Å². The largest absolute Gasteiger partial charge is 0.435 e. The van der Waals surface area contributed by atoms with Crippen molar-refractivity contribution in [1.29, 1.82) is 0 Å². The molecule has 0 aliphatic rings. The highest BCUT2D eigenvalue weighted by Gasteiger charge is 2.23. The maximum absolute atomic E-state index is 10.8. The number of aliphatic hydroxyl groups is 2. The molecule has 0 saturated heterocycles. The van der Waals surface area contributed by atoms with Gasteiger partial charge in [0.05, 0.1) is 12.2 Å². The number of anilines is 1. The Kier molecular flexibility index (Phi) is 9.60. The van der Waals surface area contributed by atoms with E-state index in [2.05, 4.69) is 34.1 Å². The van der Waals surface area contributed by atoms with Crippen molar-refractivity contribution in [3.63, 3.8) is 0 Å². The molecule has 0 radical (unpaired) electrons. The predicted octanol–water partition coefficient (Wildman–Crippen LogP) is 2.13. The molecule has 3 heterocycles. The molecule has 3 aromatic heterocycles. The van der Waals surface area contributed by atoms with Gasteiger partial charge in [-0.1, -0.05) is 17.2 Å². The van der Waals surface area contributed by atoms with Crippen LogP contribution in [0.3, 0.4) is 0 Å². The zero-order valence-corrected chi connectivity index (χ0v) is 22.0. The predicted molar refractivity (Wildman–Crippen MR) is 142 cm³/mol. The van der Waals surface area contributed by atoms with Gasteiger partial charge in [0.15, 0.2) is 44.2 Å². The molecule has 198 valence electrons. The van der Waals surface area contributed by atoms with Crippen LogP contribution >= 0.6 is 0 Å². The second kappa shape index (κ2) is 13.5. The Labute approximate surface area is 223 Å². The van der Waals surface area contributed by atoms with Crippen molar-refractivity contribution in [1.82, 2.24) is 9.78 Å². The summed E-state index contributed by atoms with van der Waals surface area (Å²) >= 11 is 0. The van der Waals surface area contributed by atoms with Gasteiger partial charge in [-0.25, -0.2) is 13.7 Å². The molecule has 38 heavy (non-hydrogen) atoms. The highest BCUT2D eigenvalue weighted by Crippen LogP contribution is 2.21. The standard InChI is InChI=1S/C28H37N8O2/c1-3-34(4-2)25-13-11-24(12-14-25)29-30-28-31-36(22-27(38)20-33-17-9-6-10-18-33)23-35(28)21-26(37)19-32-15-7-5-8-16-32/h5-18,23,26-27,37-38H,3-4,19-22H2,1-2H3/q+3. The molecule has 2 unspecified atom stereocenters. The Morgan fingerprint density at radius 3 is 1.95 bits per heavy atom. The van der Waals surface area contributed by atoms with Crippen LogP contribution in [-0.4, -0.2) is 45.3 Å². The summed E-state index contributed by atoms with van der Waals surface area (Å²) in [5.74, 6) is 0.356. The fraction of sp³-hybridized carbons (Fsp3) is 0.357. The van der Waals surface area contributed by atoms with Crippen LogP contribution in [0.25, 0.3) is 0 Å². The molecule has 0 spiro atoms. The molecule has 10 heteroatoms. The van der Waals surface area contributed by atoms with E-state index in [-0.39, 0.29) is 13.1 Å². The van der Waals surface area contributed by atoms with Crippen LogP contribution in [0.2, 0.25) is 0 Å². The molecule has 1 aromatic carbocycles. The van der Waals surface area contributed by atoms with E-state index in [9.17, 15) is 10.2 Å². The van der Waals surface area contributed by atoms with Crippen LogP contribution in [0.15, 0.2) is 102 Å². The smallest absolute Gasteiger partial charge is 0.384 e. The normalized spacial score (nSPS) is 13.1. The molecule has 0 saturated carbocycles. The molecule has 4 aromatic rings. The van der Waals surface area contributed by atoms with Gasteiger partial charge in [0.1, 0.15) is 18.8 Å². The van der Waals surface area contributed by atoms with Crippen molar-refractivity contribution in [3.8, 4) is 0 Å². The van der Waals surface area contributed by atoms with Crippen molar-refractivity contribution >= 4 is 17.3 Å². The quantitative estimate of drug-likeness (QED) is 0.210. The van der Waals surface area contributed by atoms with Crippen molar-refractivity contribution in [2.75, 3.05) is 18.0 Å².